The average Bonchev–Trinajstić information content (AvgIpc) is 1.93. The summed E-state index contributed by atoms with van der Waals surface area (Å²) in [5, 5.41) is 0. The fraction of sp³-hybridized carbons (Fsp3) is 0.750. The summed E-state index contributed by atoms with van der Waals surface area (Å²) in [6, 6.07) is 0. The molecule has 0 bridgehead atoms. The molecule has 0 spiro atoms. The van der Waals surface area contributed by atoms with Crippen molar-refractivity contribution in [2.45, 2.75) is 26.2 Å². The van der Waals surface area contributed by atoms with Crippen LogP contribution in [-0.2, 0) is 14.3 Å². The van der Waals surface area contributed by atoms with E-state index in [1.807, 2.05) is 0 Å². The van der Waals surface area contributed by atoms with E-state index in [1.165, 1.54) is 0 Å². The molecule has 11 heavy (non-hydrogen) atoms. The van der Waals surface area contributed by atoms with Crippen molar-refractivity contribution >= 4 is 11.8 Å². The van der Waals surface area contributed by atoms with Gasteiger partial charge < -0.3 is 9.53 Å². The summed E-state index contributed by atoms with van der Waals surface area (Å²) >= 11 is 0. The van der Waals surface area contributed by atoms with E-state index in [1.54, 1.807) is 6.92 Å². The minimum absolute atomic E-state index is 0.134. The molecule has 3 nitrogen and oxygen atoms in total. The zero-order valence-corrected chi connectivity index (χ0v) is 6.63. The molecule has 1 atom stereocenters. The Balaban J connectivity index is 2.28. The Hall–Kier alpha value is -0.860. The molecule has 0 aromatic rings. The molecule has 1 heterocycles. The van der Waals surface area contributed by atoms with Crippen molar-refractivity contribution in [2.75, 3.05) is 6.61 Å². The fourth-order valence-electron chi connectivity index (χ4n) is 1.26. The minimum Gasteiger partial charge on any atom is -0.465 e. The zero-order valence-electron chi connectivity index (χ0n) is 6.63. The molecule has 1 fully saturated rings. The second-order valence-corrected chi connectivity index (χ2v) is 2.99. The Morgan fingerprint density at radius 2 is 2.45 bits per heavy atom. The van der Waals surface area contributed by atoms with Crippen molar-refractivity contribution in [3.63, 3.8) is 0 Å². The lowest BCUT2D eigenvalue weighted by Crippen LogP contribution is -2.23. The fourth-order valence-corrected chi connectivity index (χ4v) is 1.26. The van der Waals surface area contributed by atoms with Crippen LogP contribution in [0, 0.1) is 5.92 Å². The van der Waals surface area contributed by atoms with Crippen LogP contribution in [0.5, 0.6) is 0 Å². The van der Waals surface area contributed by atoms with Gasteiger partial charge >= 0.3 is 5.97 Å². The van der Waals surface area contributed by atoms with Gasteiger partial charge in [-0.05, 0) is 13.3 Å². The molecule has 0 N–H and O–H groups in total. The summed E-state index contributed by atoms with van der Waals surface area (Å²) in [5.74, 6) is 0.308. The molecule has 1 aliphatic heterocycles. The quantitative estimate of drug-likeness (QED) is 0.558. The number of Topliss-reactive ketones (excluding diaryl/α,β-unsaturated/α-hetero) is 1. The number of carbonyl (C=O) groups is 2. The summed E-state index contributed by atoms with van der Waals surface area (Å²) in [7, 11) is 0. The highest BCUT2D eigenvalue weighted by atomic mass is 16.5. The summed E-state index contributed by atoms with van der Waals surface area (Å²) in [6.45, 7) is 1.99. The second-order valence-electron chi connectivity index (χ2n) is 2.99. The Kier molecular flexibility index (Phi) is 2.63. The van der Waals surface area contributed by atoms with Gasteiger partial charge in [-0.25, -0.2) is 0 Å². The second kappa shape index (κ2) is 3.51. The first-order valence-electron chi connectivity index (χ1n) is 3.83. The van der Waals surface area contributed by atoms with Crippen LogP contribution in [-0.4, -0.2) is 18.4 Å². The van der Waals surface area contributed by atoms with Gasteiger partial charge in [0.1, 0.15) is 5.78 Å². The molecule has 0 aromatic heterocycles. The number of ketones is 1. The third-order valence-electron chi connectivity index (χ3n) is 1.81. The molecule has 0 saturated carbocycles. The average molecular weight is 156 g/mol. The monoisotopic (exact) mass is 156 g/mol. The van der Waals surface area contributed by atoms with Crippen molar-refractivity contribution in [1.29, 1.82) is 0 Å². The van der Waals surface area contributed by atoms with Crippen molar-refractivity contribution in [2.24, 2.45) is 5.92 Å². The molecule has 0 aliphatic carbocycles. The van der Waals surface area contributed by atoms with E-state index in [9.17, 15) is 9.59 Å². The van der Waals surface area contributed by atoms with Crippen LogP contribution in [0.2, 0.25) is 0 Å². The van der Waals surface area contributed by atoms with E-state index >= 15 is 0 Å². The molecule has 1 rings (SSSR count). The van der Waals surface area contributed by atoms with Crippen LogP contribution >= 0.6 is 0 Å². The van der Waals surface area contributed by atoms with Crippen LogP contribution < -0.4 is 0 Å². The first-order chi connectivity index (χ1) is 5.18. The largest absolute Gasteiger partial charge is 0.465 e. The molecule has 62 valence electrons. The van der Waals surface area contributed by atoms with Gasteiger partial charge in [0.25, 0.3) is 0 Å². The van der Waals surface area contributed by atoms with Crippen LogP contribution in [0.3, 0.4) is 0 Å². The van der Waals surface area contributed by atoms with Gasteiger partial charge in [0, 0.05) is 18.8 Å². The van der Waals surface area contributed by atoms with Crippen LogP contribution in [0.4, 0.5) is 0 Å². The van der Waals surface area contributed by atoms with Gasteiger partial charge in [-0.15, -0.1) is 0 Å². The Bertz CT molecular complexity index is 164. The molecule has 3 heteroatoms. The molecule has 0 amide bonds. The van der Waals surface area contributed by atoms with E-state index in [2.05, 4.69) is 0 Å². The van der Waals surface area contributed by atoms with Crippen molar-refractivity contribution in [1.82, 2.24) is 0 Å². The van der Waals surface area contributed by atoms with Crippen LogP contribution in [0.1, 0.15) is 26.2 Å². The maximum absolute atomic E-state index is 10.7. The third-order valence-corrected chi connectivity index (χ3v) is 1.81. The summed E-state index contributed by atoms with van der Waals surface area (Å²) in [6.07, 6.45) is 1.82. The number of ether oxygens (including phenoxy) is 1. The Morgan fingerprint density at radius 1 is 1.73 bits per heavy atom. The van der Waals surface area contributed by atoms with Gasteiger partial charge in [0.05, 0.1) is 6.61 Å². The molecule has 1 unspecified atom stereocenters. The lowest BCUT2D eigenvalue weighted by molar-refractivity contribution is -0.150. The highest BCUT2D eigenvalue weighted by molar-refractivity contribution is 5.76. The summed E-state index contributed by atoms with van der Waals surface area (Å²) < 4.78 is 4.80. The molecular formula is C8H12O3. The summed E-state index contributed by atoms with van der Waals surface area (Å²) in [5.41, 5.74) is 0. The van der Waals surface area contributed by atoms with Gasteiger partial charge in [0.2, 0.25) is 0 Å². The van der Waals surface area contributed by atoms with E-state index in [0.29, 0.717) is 19.4 Å². The highest BCUT2D eigenvalue weighted by Gasteiger charge is 2.20. The maximum atomic E-state index is 10.7. The number of hydrogen-bond acceptors (Lipinski definition) is 3. The first-order valence-corrected chi connectivity index (χ1v) is 3.83. The molecule has 1 aliphatic rings. The lowest BCUT2D eigenvalue weighted by atomic mass is 9.97. The zero-order chi connectivity index (χ0) is 8.27. The predicted molar refractivity (Wildman–Crippen MR) is 39.0 cm³/mol. The number of cyclic esters (lactones) is 1. The maximum Gasteiger partial charge on any atom is 0.305 e. The predicted octanol–water partition coefficient (Wildman–Crippen LogP) is 0.919. The molecular weight excluding hydrogens is 144 g/mol. The number of hydrogen-bond donors (Lipinski definition) is 0. The van der Waals surface area contributed by atoms with Crippen molar-refractivity contribution < 1.29 is 14.3 Å². The standard InChI is InChI=1S/C8H12O3/c1-6(9)4-7-2-3-8(10)11-5-7/h7H,2-5H2,1H3. The normalized spacial score (nSPS) is 24.5. The van der Waals surface area contributed by atoms with E-state index < -0.39 is 0 Å². The van der Waals surface area contributed by atoms with Gasteiger partial charge in [-0.3, -0.25) is 4.79 Å². The smallest absolute Gasteiger partial charge is 0.305 e. The van der Waals surface area contributed by atoms with Crippen molar-refractivity contribution in [3.05, 3.63) is 0 Å². The lowest BCUT2D eigenvalue weighted by Gasteiger charge is -2.19. The van der Waals surface area contributed by atoms with Crippen molar-refractivity contribution in [3.8, 4) is 0 Å². The van der Waals surface area contributed by atoms with Gasteiger partial charge in [-0.2, -0.15) is 0 Å². The third kappa shape index (κ3) is 2.70. The number of carbonyl (C=O) groups excluding carboxylic acids is 2. The first kappa shape index (κ1) is 8.24. The summed E-state index contributed by atoms with van der Waals surface area (Å²) in [4.78, 5) is 21.2. The Labute approximate surface area is 65.7 Å². The molecule has 0 aromatic carbocycles. The number of rotatable bonds is 2. The SMILES string of the molecule is CC(=O)CC1CCC(=O)OC1. The highest BCUT2D eigenvalue weighted by Crippen LogP contribution is 2.17. The number of esters is 1. The van der Waals surface area contributed by atoms with E-state index in [-0.39, 0.29) is 17.7 Å². The van der Waals surface area contributed by atoms with Gasteiger partial charge in [-0.1, -0.05) is 0 Å². The van der Waals surface area contributed by atoms with E-state index in [0.717, 1.165) is 6.42 Å². The molecule has 0 radical (unpaired) electrons. The van der Waals surface area contributed by atoms with E-state index in [4.69, 9.17) is 4.74 Å². The minimum atomic E-state index is -0.134. The topological polar surface area (TPSA) is 43.4 Å². The van der Waals surface area contributed by atoms with Gasteiger partial charge in [0.15, 0.2) is 0 Å². The van der Waals surface area contributed by atoms with Crippen LogP contribution in [0.25, 0.3) is 0 Å². The van der Waals surface area contributed by atoms with Crippen LogP contribution in [0.15, 0.2) is 0 Å². The Morgan fingerprint density at radius 3 is 2.91 bits per heavy atom. The molecule has 1 saturated heterocycles.